The summed E-state index contributed by atoms with van der Waals surface area (Å²) >= 11 is 0. The maximum Gasteiger partial charge on any atom is 0.472 e. The summed E-state index contributed by atoms with van der Waals surface area (Å²) in [6.45, 7) is 4.65. The number of carbonyl (C=O) groups excluding carboxylic acids is 4. The van der Waals surface area contributed by atoms with Gasteiger partial charge in [0.15, 0.2) is 12.2 Å². The van der Waals surface area contributed by atoms with Crippen LogP contribution in [0.25, 0.3) is 0 Å². The first kappa shape index (κ1) is 92.2. The van der Waals surface area contributed by atoms with Crippen molar-refractivity contribution in [3.63, 3.8) is 0 Å². The average molecular weight is 1400 g/mol. The molecule has 0 spiro atoms. The summed E-state index contributed by atoms with van der Waals surface area (Å²) < 4.78 is 68.4. The molecule has 0 amide bonds. The van der Waals surface area contributed by atoms with Crippen molar-refractivity contribution in [2.75, 3.05) is 39.6 Å². The first-order chi connectivity index (χ1) is 46.7. The van der Waals surface area contributed by atoms with E-state index in [0.29, 0.717) is 25.7 Å². The standard InChI is InChI=1S/C77H136O17P2/c1-5-9-13-17-21-25-29-33-35-39-41-45-49-53-57-61-74(79)87-67-72(93-76(81)63-59-55-51-47-43-37-31-27-23-19-15-11-7-3)69-91-95(83,84)89-65-71(78)66-90-96(85,86)92-70-73(94-77(82)64-60-56-52-48-44-38-32-28-24-20-16-12-8-4)68-88-75(80)62-58-54-50-46-42-40-36-34-30-26-22-18-14-10-6-2/h9,13,15,19,21-22,25-27,31,33-36,71-73,78H,5-8,10-12,14,16-18,20,23-24,28-30,32,37-70H2,1-4H3,(H,83,84)(H,85,86)/b13-9-,19-15-,25-21-,26-22-,31-27-,35-33-,36-34-. The summed E-state index contributed by atoms with van der Waals surface area (Å²) in [4.78, 5) is 72.8. The number of hydrogen-bond acceptors (Lipinski definition) is 15. The molecule has 0 radical (unpaired) electrons. The van der Waals surface area contributed by atoms with Crippen molar-refractivity contribution in [3.05, 3.63) is 85.1 Å². The van der Waals surface area contributed by atoms with E-state index in [9.17, 15) is 43.2 Å². The molecule has 5 atom stereocenters. The molecule has 556 valence electrons. The second-order valence-electron chi connectivity index (χ2n) is 25.2. The third kappa shape index (κ3) is 68.8. The highest BCUT2D eigenvalue weighted by Gasteiger charge is 2.30. The largest absolute Gasteiger partial charge is 0.472 e. The summed E-state index contributed by atoms with van der Waals surface area (Å²) in [5, 5.41) is 10.6. The van der Waals surface area contributed by atoms with Crippen molar-refractivity contribution in [3.8, 4) is 0 Å². The summed E-state index contributed by atoms with van der Waals surface area (Å²) in [5.74, 6) is -2.21. The molecule has 96 heavy (non-hydrogen) atoms. The Morgan fingerprint density at radius 3 is 0.896 bits per heavy atom. The lowest BCUT2D eigenvalue weighted by molar-refractivity contribution is -0.161. The zero-order valence-electron chi connectivity index (χ0n) is 60.5. The van der Waals surface area contributed by atoms with E-state index in [1.807, 2.05) is 0 Å². The Morgan fingerprint density at radius 2 is 0.562 bits per heavy atom. The van der Waals surface area contributed by atoms with Crippen LogP contribution in [0.15, 0.2) is 85.1 Å². The number of unbranched alkanes of at least 4 members (excludes halogenated alkanes) is 31. The van der Waals surface area contributed by atoms with Gasteiger partial charge in [0.2, 0.25) is 0 Å². The highest BCUT2D eigenvalue weighted by molar-refractivity contribution is 7.47. The van der Waals surface area contributed by atoms with Crippen LogP contribution in [0, 0.1) is 0 Å². The van der Waals surface area contributed by atoms with E-state index in [1.54, 1.807) is 0 Å². The molecule has 0 aliphatic carbocycles. The predicted molar refractivity (Wildman–Crippen MR) is 390 cm³/mol. The number of aliphatic hydroxyl groups is 1. The van der Waals surface area contributed by atoms with E-state index in [0.717, 1.165) is 173 Å². The molecule has 0 saturated carbocycles. The Balaban J connectivity index is 5.35. The van der Waals surface area contributed by atoms with E-state index in [1.165, 1.54) is 70.6 Å². The quantitative estimate of drug-likeness (QED) is 0.0169. The van der Waals surface area contributed by atoms with Crippen LogP contribution in [-0.4, -0.2) is 96.7 Å². The second-order valence-corrected chi connectivity index (χ2v) is 28.1. The highest BCUT2D eigenvalue weighted by Crippen LogP contribution is 2.45. The number of ether oxygens (including phenoxy) is 4. The average Bonchev–Trinajstić information content (AvgIpc) is 1.14. The Kier molecular flexibility index (Phi) is 67.0. The Bertz CT molecular complexity index is 2160. The number of allylic oxidation sites excluding steroid dienone is 14. The maximum atomic E-state index is 13.1. The lowest BCUT2D eigenvalue weighted by Gasteiger charge is -2.21. The molecule has 0 saturated heterocycles. The number of rotatable bonds is 71. The Labute approximate surface area is 583 Å². The van der Waals surface area contributed by atoms with E-state index in [-0.39, 0.29) is 25.7 Å². The van der Waals surface area contributed by atoms with Crippen LogP contribution in [-0.2, 0) is 65.4 Å². The fourth-order valence-electron chi connectivity index (χ4n) is 10.1. The van der Waals surface area contributed by atoms with Gasteiger partial charge < -0.3 is 33.8 Å². The summed E-state index contributed by atoms with van der Waals surface area (Å²) in [7, 11) is -9.95. The van der Waals surface area contributed by atoms with E-state index in [4.69, 9.17) is 37.0 Å². The minimum Gasteiger partial charge on any atom is -0.462 e. The minimum atomic E-state index is -4.98. The molecule has 0 aromatic carbocycles. The number of aliphatic hydroxyl groups excluding tert-OH is 1. The molecular weight excluding hydrogens is 1260 g/mol. The highest BCUT2D eigenvalue weighted by atomic mass is 31.2. The van der Waals surface area contributed by atoms with Gasteiger partial charge in [0.05, 0.1) is 26.4 Å². The van der Waals surface area contributed by atoms with Crippen LogP contribution in [0.1, 0.15) is 323 Å². The van der Waals surface area contributed by atoms with Gasteiger partial charge in [-0.2, -0.15) is 0 Å². The summed E-state index contributed by atoms with van der Waals surface area (Å²) in [6, 6.07) is 0. The van der Waals surface area contributed by atoms with Crippen molar-refractivity contribution >= 4 is 39.5 Å². The topological polar surface area (TPSA) is 237 Å². The van der Waals surface area contributed by atoms with Crippen molar-refractivity contribution in [1.82, 2.24) is 0 Å². The molecule has 3 N–H and O–H groups in total. The smallest absolute Gasteiger partial charge is 0.462 e. The molecule has 0 aliphatic rings. The third-order valence-electron chi connectivity index (χ3n) is 15.8. The van der Waals surface area contributed by atoms with Gasteiger partial charge in [0, 0.05) is 25.7 Å². The van der Waals surface area contributed by atoms with Gasteiger partial charge >= 0.3 is 39.5 Å². The predicted octanol–water partition coefficient (Wildman–Crippen LogP) is 21.4. The zero-order chi connectivity index (χ0) is 70.4. The van der Waals surface area contributed by atoms with Crippen molar-refractivity contribution in [2.45, 2.75) is 341 Å². The van der Waals surface area contributed by atoms with Crippen LogP contribution >= 0.6 is 15.6 Å². The molecular formula is C77H136O17P2. The van der Waals surface area contributed by atoms with E-state index >= 15 is 0 Å². The molecule has 0 aliphatic heterocycles. The van der Waals surface area contributed by atoms with Gasteiger partial charge in [-0.3, -0.25) is 37.3 Å². The van der Waals surface area contributed by atoms with Crippen LogP contribution in [0.4, 0.5) is 0 Å². The van der Waals surface area contributed by atoms with Gasteiger partial charge in [-0.25, -0.2) is 9.13 Å². The molecule has 0 aromatic heterocycles. The van der Waals surface area contributed by atoms with E-state index in [2.05, 4.69) is 113 Å². The van der Waals surface area contributed by atoms with Gasteiger partial charge in [-0.15, -0.1) is 0 Å². The monoisotopic (exact) mass is 1390 g/mol. The Hall–Kier alpha value is -3.76. The maximum absolute atomic E-state index is 13.1. The first-order valence-electron chi connectivity index (χ1n) is 37.8. The normalized spacial score (nSPS) is 14.4. The van der Waals surface area contributed by atoms with Gasteiger partial charge in [-0.05, 0) is 116 Å². The van der Waals surface area contributed by atoms with Gasteiger partial charge in [-0.1, -0.05) is 267 Å². The molecule has 0 rings (SSSR count). The fourth-order valence-corrected chi connectivity index (χ4v) is 11.6. The second kappa shape index (κ2) is 69.7. The first-order valence-corrected chi connectivity index (χ1v) is 40.8. The number of esters is 4. The van der Waals surface area contributed by atoms with Crippen molar-refractivity contribution in [1.29, 1.82) is 0 Å². The van der Waals surface area contributed by atoms with Crippen molar-refractivity contribution < 1.29 is 80.2 Å². The molecule has 19 heteroatoms. The third-order valence-corrected chi connectivity index (χ3v) is 17.7. The minimum absolute atomic E-state index is 0.0755. The van der Waals surface area contributed by atoms with Crippen LogP contribution in [0.2, 0.25) is 0 Å². The SMILES string of the molecule is CC/C=C\C/C=C\C/C=C\CCCCCCCC(=O)OCC(COP(=O)(O)OCC(O)COP(=O)(O)OCC(COC(=O)CCCCCCC/C=C\C/C=C\CCCCC)OC(=O)CCCCCCCCCCCCCCC)OC(=O)CCCCCCC/C=C\C/C=C\CCC. The molecule has 0 heterocycles. The fraction of sp³-hybridized carbons (Fsp3) is 0.766. The molecule has 17 nitrogen and oxygen atoms in total. The lowest BCUT2D eigenvalue weighted by Crippen LogP contribution is -2.30. The Morgan fingerprint density at radius 1 is 0.302 bits per heavy atom. The molecule has 0 fully saturated rings. The zero-order valence-corrected chi connectivity index (χ0v) is 62.3. The summed E-state index contributed by atoms with van der Waals surface area (Å²) in [5.41, 5.74) is 0. The number of carbonyl (C=O) groups is 4. The van der Waals surface area contributed by atoms with Crippen LogP contribution in [0.5, 0.6) is 0 Å². The molecule has 5 unspecified atom stereocenters. The number of phosphoric ester groups is 2. The van der Waals surface area contributed by atoms with Crippen LogP contribution in [0.3, 0.4) is 0 Å². The number of hydrogen-bond donors (Lipinski definition) is 3. The van der Waals surface area contributed by atoms with Gasteiger partial charge in [0.25, 0.3) is 0 Å². The number of phosphoric acid groups is 2. The molecule has 0 aromatic rings. The van der Waals surface area contributed by atoms with Crippen LogP contribution < -0.4 is 0 Å². The van der Waals surface area contributed by atoms with E-state index < -0.39 is 97.5 Å². The van der Waals surface area contributed by atoms with Gasteiger partial charge in [0.1, 0.15) is 19.3 Å². The lowest BCUT2D eigenvalue weighted by atomic mass is 10.0. The summed E-state index contributed by atoms with van der Waals surface area (Å²) in [6.07, 6.45) is 70.0. The van der Waals surface area contributed by atoms with Crippen molar-refractivity contribution in [2.24, 2.45) is 0 Å². The molecule has 0 bridgehead atoms.